The van der Waals surface area contributed by atoms with Crippen LogP contribution in [0.4, 0.5) is 0 Å². The predicted molar refractivity (Wildman–Crippen MR) is 45.5 cm³/mol. The quantitative estimate of drug-likeness (QED) is 0.385. The van der Waals surface area contributed by atoms with E-state index in [2.05, 4.69) is 15.1 Å². The van der Waals surface area contributed by atoms with Gasteiger partial charge in [-0.1, -0.05) is 5.11 Å². The van der Waals surface area contributed by atoms with Crippen LogP contribution in [0, 0.1) is 0 Å². The van der Waals surface area contributed by atoms with Crippen LogP contribution in [-0.2, 0) is 6.54 Å². The van der Waals surface area contributed by atoms with Crippen molar-refractivity contribution < 1.29 is 0 Å². The van der Waals surface area contributed by atoms with Crippen molar-refractivity contribution in [3.8, 4) is 0 Å². The molecule has 1 aromatic heterocycles. The zero-order valence-electron chi connectivity index (χ0n) is 7.18. The summed E-state index contributed by atoms with van der Waals surface area (Å²) in [5.74, 6) is 0. The zero-order valence-corrected chi connectivity index (χ0v) is 7.18. The Kier molecular flexibility index (Phi) is 2.71. The summed E-state index contributed by atoms with van der Waals surface area (Å²) in [6.45, 7) is 4.42. The monoisotopic (exact) mass is 165 g/mol. The van der Waals surface area contributed by atoms with Crippen molar-refractivity contribution in [3.63, 3.8) is 0 Å². The highest BCUT2D eigenvalue weighted by Gasteiger charge is 1.99. The molecule has 0 saturated heterocycles. The molecular formula is C7H11N5. The Bertz CT molecular complexity index is 295. The van der Waals surface area contributed by atoms with Crippen molar-refractivity contribution in [1.82, 2.24) is 9.78 Å². The predicted octanol–water partition coefficient (Wildman–Crippen LogP) is 2.27. The Hall–Kier alpha value is -1.48. The normalized spacial score (nSPS) is 9.92. The average molecular weight is 165 g/mol. The first-order valence-electron chi connectivity index (χ1n) is 3.79. The second-order valence-electron chi connectivity index (χ2n) is 2.77. The minimum atomic E-state index is 0.330. The number of nitrogens with zero attached hydrogens (tertiary/aromatic N) is 5. The molecule has 0 amide bonds. The molecule has 0 N–H and O–H groups in total. The molecule has 0 aliphatic rings. The molecule has 0 bridgehead atoms. The van der Waals surface area contributed by atoms with Crippen LogP contribution in [0.3, 0.4) is 0 Å². The van der Waals surface area contributed by atoms with Crippen LogP contribution in [-0.4, -0.2) is 9.78 Å². The molecule has 12 heavy (non-hydrogen) atoms. The maximum absolute atomic E-state index is 8.07. The van der Waals surface area contributed by atoms with E-state index in [0.717, 1.165) is 5.69 Å². The molecule has 64 valence electrons. The van der Waals surface area contributed by atoms with E-state index in [9.17, 15) is 0 Å². The number of aromatic nitrogens is 2. The molecule has 0 aliphatic heterocycles. The van der Waals surface area contributed by atoms with Crippen LogP contribution in [0.2, 0.25) is 0 Å². The van der Waals surface area contributed by atoms with E-state index >= 15 is 0 Å². The smallest absolute Gasteiger partial charge is 0.0702 e. The molecule has 0 radical (unpaired) electrons. The van der Waals surface area contributed by atoms with Gasteiger partial charge in [-0.15, -0.1) is 0 Å². The highest BCUT2D eigenvalue weighted by atomic mass is 15.3. The minimum Gasteiger partial charge on any atom is -0.270 e. The lowest BCUT2D eigenvalue weighted by molar-refractivity contribution is 0.526. The first-order chi connectivity index (χ1) is 5.74. The van der Waals surface area contributed by atoms with Gasteiger partial charge in [0, 0.05) is 17.2 Å². The van der Waals surface area contributed by atoms with Gasteiger partial charge < -0.3 is 0 Å². The van der Waals surface area contributed by atoms with Gasteiger partial charge in [0.05, 0.1) is 12.2 Å². The summed E-state index contributed by atoms with van der Waals surface area (Å²) in [6.07, 6.45) is 1.88. The fourth-order valence-corrected chi connectivity index (χ4v) is 0.853. The zero-order chi connectivity index (χ0) is 8.97. The third-order valence-electron chi connectivity index (χ3n) is 1.49. The molecule has 0 aromatic carbocycles. The molecule has 1 heterocycles. The summed E-state index contributed by atoms with van der Waals surface area (Å²) >= 11 is 0. The highest BCUT2D eigenvalue weighted by Crippen LogP contribution is 2.04. The van der Waals surface area contributed by atoms with Gasteiger partial charge in [-0.05, 0) is 25.4 Å². The Morgan fingerprint density at radius 3 is 3.00 bits per heavy atom. The van der Waals surface area contributed by atoms with Crippen molar-refractivity contribution >= 4 is 0 Å². The van der Waals surface area contributed by atoms with Gasteiger partial charge in [0.15, 0.2) is 0 Å². The maximum Gasteiger partial charge on any atom is 0.0702 e. The molecule has 0 spiro atoms. The molecule has 0 atom stereocenters. The SMILES string of the molecule is CC(C)n1ccc(CN=[N+]=[N-])n1. The van der Waals surface area contributed by atoms with E-state index in [4.69, 9.17) is 5.53 Å². The second kappa shape index (κ2) is 3.78. The van der Waals surface area contributed by atoms with Crippen LogP contribution in [0.5, 0.6) is 0 Å². The van der Waals surface area contributed by atoms with Gasteiger partial charge in [-0.3, -0.25) is 4.68 Å². The van der Waals surface area contributed by atoms with Gasteiger partial charge in [0.2, 0.25) is 0 Å². The molecule has 1 rings (SSSR count). The summed E-state index contributed by atoms with van der Waals surface area (Å²) in [7, 11) is 0. The number of hydrogen-bond donors (Lipinski definition) is 0. The van der Waals surface area contributed by atoms with Gasteiger partial charge in [-0.25, -0.2) is 0 Å². The second-order valence-corrected chi connectivity index (χ2v) is 2.77. The van der Waals surface area contributed by atoms with E-state index in [1.54, 1.807) is 0 Å². The van der Waals surface area contributed by atoms with Crippen LogP contribution in [0.15, 0.2) is 17.4 Å². The van der Waals surface area contributed by atoms with Crippen molar-refractivity contribution in [2.24, 2.45) is 5.11 Å². The molecule has 1 aromatic rings. The fourth-order valence-electron chi connectivity index (χ4n) is 0.853. The average Bonchev–Trinajstić information content (AvgIpc) is 2.48. The van der Waals surface area contributed by atoms with Gasteiger partial charge in [0.1, 0.15) is 0 Å². The summed E-state index contributed by atoms with van der Waals surface area (Å²) in [5, 5.41) is 7.62. The van der Waals surface area contributed by atoms with Crippen molar-refractivity contribution in [2.75, 3.05) is 0 Å². The lowest BCUT2D eigenvalue weighted by Crippen LogP contribution is -2.01. The Labute approximate surface area is 70.6 Å². The molecule has 0 saturated carbocycles. The van der Waals surface area contributed by atoms with Crippen molar-refractivity contribution in [3.05, 3.63) is 28.4 Å². The molecule has 5 nitrogen and oxygen atoms in total. The van der Waals surface area contributed by atoms with E-state index in [0.29, 0.717) is 12.6 Å². The molecule has 0 fully saturated rings. The molecule has 5 heteroatoms. The number of azide groups is 1. The Morgan fingerprint density at radius 1 is 1.75 bits per heavy atom. The van der Waals surface area contributed by atoms with E-state index in [1.165, 1.54) is 0 Å². The van der Waals surface area contributed by atoms with E-state index < -0.39 is 0 Å². The van der Waals surface area contributed by atoms with E-state index in [-0.39, 0.29) is 0 Å². The molecule has 0 aliphatic carbocycles. The molecular weight excluding hydrogens is 154 g/mol. The summed E-state index contributed by atoms with van der Waals surface area (Å²) < 4.78 is 1.84. The van der Waals surface area contributed by atoms with Gasteiger partial charge >= 0.3 is 0 Å². The van der Waals surface area contributed by atoms with Gasteiger partial charge in [-0.2, -0.15) is 5.10 Å². The Morgan fingerprint density at radius 2 is 2.50 bits per heavy atom. The highest BCUT2D eigenvalue weighted by molar-refractivity contribution is 4.98. The minimum absolute atomic E-state index is 0.330. The van der Waals surface area contributed by atoms with E-state index in [1.807, 2.05) is 30.8 Å². The van der Waals surface area contributed by atoms with Crippen LogP contribution >= 0.6 is 0 Å². The first-order valence-corrected chi connectivity index (χ1v) is 3.79. The lowest BCUT2D eigenvalue weighted by Gasteiger charge is -2.02. The lowest BCUT2D eigenvalue weighted by atomic mass is 10.4. The van der Waals surface area contributed by atoms with Crippen molar-refractivity contribution in [1.29, 1.82) is 0 Å². The van der Waals surface area contributed by atoms with Crippen LogP contribution in [0.25, 0.3) is 10.4 Å². The van der Waals surface area contributed by atoms with Gasteiger partial charge in [0.25, 0.3) is 0 Å². The summed E-state index contributed by atoms with van der Waals surface area (Å²) in [5.41, 5.74) is 8.87. The largest absolute Gasteiger partial charge is 0.270 e. The number of rotatable bonds is 3. The summed E-state index contributed by atoms with van der Waals surface area (Å²) in [4.78, 5) is 2.66. The third-order valence-corrected chi connectivity index (χ3v) is 1.49. The maximum atomic E-state index is 8.07. The first kappa shape index (κ1) is 8.62. The molecule has 0 unspecified atom stereocenters. The van der Waals surface area contributed by atoms with Crippen molar-refractivity contribution in [2.45, 2.75) is 26.4 Å². The fraction of sp³-hybridized carbons (Fsp3) is 0.571. The topological polar surface area (TPSA) is 66.6 Å². The number of hydrogen-bond acceptors (Lipinski definition) is 2. The standard InChI is InChI=1S/C7H11N5/c1-6(2)12-4-3-7(10-12)5-9-11-8/h3-4,6H,5H2,1-2H3. The summed E-state index contributed by atoms with van der Waals surface area (Å²) in [6, 6.07) is 2.21. The third kappa shape index (κ3) is 2.00. The van der Waals surface area contributed by atoms with Crippen LogP contribution < -0.4 is 0 Å². The van der Waals surface area contributed by atoms with Crippen LogP contribution in [0.1, 0.15) is 25.6 Å². The Balaban J connectivity index is 2.70.